The second-order valence-corrected chi connectivity index (χ2v) is 6.82. The maximum atomic E-state index is 12.9. The van der Waals surface area contributed by atoms with E-state index in [0.29, 0.717) is 0 Å². The average molecular weight is 442 g/mol. The van der Waals surface area contributed by atoms with E-state index in [2.05, 4.69) is 10.6 Å². The van der Waals surface area contributed by atoms with E-state index in [0.717, 1.165) is 6.07 Å². The highest BCUT2D eigenvalue weighted by atomic mass is 19.4. The summed E-state index contributed by atoms with van der Waals surface area (Å²) in [5.41, 5.74) is -0.601. The van der Waals surface area contributed by atoms with Crippen molar-refractivity contribution in [2.45, 2.75) is 31.6 Å². The molecule has 0 unspecified atom stereocenters. The molecule has 2 rings (SSSR count). The highest BCUT2D eigenvalue weighted by Crippen LogP contribution is 2.38. The zero-order valence-electron chi connectivity index (χ0n) is 15.9. The summed E-state index contributed by atoms with van der Waals surface area (Å²) in [5, 5.41) is 15.9. The van der Waals surface area contributed by atoms with E-state index < -0.39 is 47.8 Å². The summed E-state index contributed by atoms with van der Waals surface area (Å²) >= 11 is 0. The molecule has 1 aromatic rings. The van der Waals surface area contributed by atoms with Gasteiger partial charge in [0.15, 0.2) is 0 Å². The van der Waals surface area contributed by atoms with Gasteiger partial charge in [0.05, 0.1) is 28.5 Å². The minimum absolute atomic E-state index is 0.0276. The molecule has 1 aliphatic rings. The smallest absolute Gasteiger partial charge is 0.383 e. The largest absolute Gasteiger partial charge is 0.391 e. The van der Waals surface area contributed by atoms with E-state index in [1.807, 2.05) is 0 Å². The first-order valence-corrected chi connectivity index (χ1v) is 9.00. The van der Waals surface area contributed by atoms with Crippen molar-refractivity contribution in [3.8, 4) is 0 Å². The van der Waals surface area contributed by atoms with E-state index in [1.54, 1.807) is 0 Å². The number of anilines is 2. The van der Waals surface area contributed by atoms with E-state index in [4.69, 9.17) is 0 Å². The molecule has 1 aliphatic heterocycles. The Hall–Kier alpha value is -2.73. The zero-order valence-corrected chi connectivity index (χ0v) is 15.9. The zero-order chi connectivity index (χ0) is 22.7. The van der Waals surface area contributed by atoms with Gasteiger partial charge in [0.1, 0.15) is 5.69 Å². The van der Waals surface area contributed by atoms with E-state index in [-0.39, 0.29) is 42.9 Å². The SMILES string of the molecule is CNc1cc(N2CCC(C(F)(F)F)CC2)c(C(=O)NCCC(F)(F)F)cc1[N+](=O)[O-]. The van der Waals surface area contributed by atoms with Crippen LogP contribution in [-0.4, -0.2) is 49.9 Å². The van der Waals surface area contributed by atoms with Crippen LogP contribution in [0.3, 0.4) is 0 Å². The second-order valence-electron chi connectivity index (χ2n) is 6.82. The number of benzene rings is 1. The fourth-order valence-corrected chi connectivity index (χ4v) is 3.23. The molecule has 0 aromatic heterocycles. The number of rotatable bonds is 6. The number of amides is 1. The minimum Gasteiger partial charge on any atom is -0.383 e. The first kappa shape index (κ1) is 23.5. The van der Waals surface area contributed by atoms with Crippen LogP contribution in [0, 0.1) is 16.0 Å². The van der Waals surface area contributed by atoms with Crippen LogP contribution < -0.4 is 15.5 Å². The quantitative estimate of drug-likeness (QED) is 0.394. The normalized spacial score (nSPS) is 15.8. The Morgan fingerprint density at radius 3 is 2.27 bits per heavy atom. The highest BCUT2D eigenvalue weighted by Gasteiger charge is 2.41. The van der Waals surface area contributed by atoms with E-state index in [9.17, 15) is 41.3 Å². The van der Waals surface area contributed by atoms with Crippen molar-refractivity contribution in [1.29, 1.82) is 0 Å². The molecule has 30 heavy (non-hydrogen) atoms. The number of nitro benzene ring substituents is 1. The number of alkyl halides is 6. The number of nitrogens with one attached hydrogen (secondary N) is 2. The van der Waals surface area contributed by atoms with Crippen molar-refractivity contribution in [2.24, 2.45) is 5.92 Å². The predicted octanol–water partition coefficient (Wildman–Crippen LogP) is 4.10. The molecule has 1 amide bonds. The third kappa shape index (κ3) is 5.89. The topological polar surface area (TPSA) is 87.5 Å². The summed E-state index contributed by atoms with van der Waals surface area (Å²) in [6.45, 7) is -0.860. The molecule has 0 spiro atoms. The molecule has 7 nitrogen and oxygen atoms in total. The fourth-order valence-electron chi connectivity index (χ4n) is 3.23. The summed E-state index contributed by atoms with van der Waals surface area (Å²) in [6, 6.07) is 2.17. The lowest BCUT2D eigenvalue weighted by Crippen LogP contribution is -2.40. The summed E-state index contributed by atoms with van der Waals surface area (Å²) < 4.78 is 75.7. The third-order valence-corrected chi connectivity index (χ3v) is 4.82. The van der Waals surface area contributed by atoms with Gasteiger partial charge in [-0.2, -0.15) is 26.3 Å². The second kappa shape index (κ2) is 8.96. The molecular weight excluding hydrogens is 422 g/mol. The van der Waals surface area contributed by atoms with Gasteiger partial charge in [-0.05, 0) is 18.9 Å². The van der Waals surface area contributed by atoms with Crippen LogP contribution in [0.25, 0.3) is 0 Å². The molecule has 0 atom stereocenters. The number of hydrogen-bond donors (Lipinski definition) is 2. The van der Waals surface area contributed by atoms with Crippen LogP contribution in [-0.2, 0) is 0 Å². The van der Waals surface area contributed by atoms with Gasteiger partial charge in [0.25, 0.3) is 11.6 Å². The van der Waals surface area contributed by atoms with Gasteiger partial charge in [0.2, 0.25) is 0 Å². The molecule has 168 valence electrons. The fraction of sp³-hybridized carbons (Fsp3) is 0.588. The summed E-state index contributed by atoms with van der Waals surface area (Å²) in [4.78, 5) is 24.5. The summed E-state index contributed by atoms with van der Waals surface area (Å²) in [7, 11) is 1.39. The standard InChI is InChI=1S/C17H20F6N4O3/c1-24-12-9-13(26-6-2-10(3-7-26)17(21,22)23)11(8-14(12)27(29)30)15(28)25-5-4-16(18,19)20/h8-10,24H,2-7H2,1H3,(H,25,28). The van der Waals surface area contributed by atoms with Crippen molar-refractivity contribution < 1.29 is 36.1 Å². The van der Waals surface area contributed by atoms with Gasteiger partial charge in [0, 0.05) is 32.7 Å². The molecular formula is C17H20F6N4O3. The van der Waals surface area contributed by atoms with Crippen LogP contribution in [0.5, 0.6) is 0 Å². The number of nitro groups is 1. The molecule has 1 aromatic carbocycles. The number of carbonyl (C=O) groups is 1. The van der Waals surface area contributed by atoms with Gasteiger partial charge >= 0.3 is 12.4 Å². The Labute approximate surface area is 167 Å². The minimum atomic E-state index is -4.50. The van der Waals surface area contributed by atoms with Gasteiger partial charge < -0.3 is 15.5 Å². The molecule has 0 saturated carbocycles. The highest BCUT2D eigenvalue weighted by molar-refractivity contribution is 6.02. The average Bonchev–Trinajstić information content (AvgIpc) is 2.65. The molecule has 13 heteroatoms. The van der Waals surface area contributed by atoms with Crippen LogP contribution in [0.4, 0.5) is 43.4 Å². The molecule has 1 saturated heterocycles. The Morgan fingerprint density at radius 1 is 1.20 bits per heavy atom. The molecule has 1 fully saturated rings. The molecule has 0 bridgehead atoms. The van der Waals surface area contributed by atoms with Crippen LogP contribution in [0.1, 0.15) is 29.6 Å². The Bertz CT molecular complexity index is 789. The predicted molar refractivity (Wildman–Crippen MR) is 96.6 cm³/mol. The molecule has 2 N–H and O–H groups in total. The number of halogens is 6. The van der Waals surface area contributed by atoms with Gasteiger partial charge in [-0.15, -0.1) is 0 Å². The molecule has 0 aliphatic carbocycles. The third-order valence-electron chi connectivity index (χ3n) is 4.82. The summed E-state index contributed by atoms with van der Waals surface area (Å²) in [6.07, 6.45) is -10.6. The lowest BCUT2D eigenvalue weighted by molar-refractivity contribution is -0.384. The van der Waals surface area contributed by atoms with Crippen molar-refractivity contribution in [3.05, 3.63) is 27.8 Å². The Kier molecular flexibility index (Phi) is 7.03. The molecule has 0 radical (unpaired) electrons. The number of hydrogen-bond acceptors (Lipinski definition) is 5. The van der Waals surface area contributed by atoms with Crippen LogP contribution >= 0.6 is 0 Å². The first-order chi connectivity index (χ1) is 13.8. The lowest BCUT2D eigenvalue weighted by Gasteiger charge is -2.35. The monoisotopic (exact) mass is 442 g/mol. The van der Waals surface area contributed by atoms with Crippen LogP contribution in [0.2, 0.25) is 0 Å². The van der Waals surface area contributed by atoms with Crippen LogP contribution in [0.15, 0.2) is 12.1 Å². The van der Waals surface area contributed by atoms with Gasteiger partial charge in [-0.1, -0.05) is 0 Å². The Balaban J connectivity index is 2.33. The van der Waals surface area contributed by atoms with Crippen molar-refractivity contribution >= 4 is 23.0 Å². The number of carbonyl (C=O) groups excluding carboxylic acids is 1. The van der Waals surface area contributed by atoms with Gasteiger partial charge in [-0.25, -0.2) is 0 Å². The first-order valence-electron chi connectivity index (χ1n) is 9.00. The molecule has 1 heterocycles. The van der Waals surface area contributed by atoms with Crippen molar-refractivity contribution in [2.75, 3.05) is 36.9 Å². The maximum Gasteiger partial charge on any atom is 0.391 e. The summed E-state index contributed by atoms with van der Waals surface area (Å²) in [5.74, 6) is -2.47. The number of piperidine rings is 1. The lowest BCUT2D eigenvalue weighted by atomic mass is 9.95. The van der Waals surface area contributed by atoms with Gasteiger partial charge in [-0.3, -0.25) is 14.9 Å². The van der Waals surface area contributed by atoms with E-state index >= 15 is 0 Å². The van der Waals surface area contributed by atoms with E-state index in [1.165, 1.54) is 18.0 Å². The maximum absolute atomic E-state index is 12.9. The Morgan fingerprint density at radius 2 is 1.80 bits per heavy atom. The van der Waals surface area contributed by atoms with Crippen molar-refractivity contribution in [3.63, 3.8) is 0 Å². The van der Waals surface area contributed by atoms with Crippen molar-refractivity contribution in [1.82, 2.24) is 5.32 Å². The number of nitrogens with zero attached hydrogens (tertiary/aromatic N) is 2.